The van der Waals surface area contributed by atoms with Crippen LogP contribution in [0.4, 0.5) is 0 Å². The van der Waals surface area contributed by atoms with Gasteiger partial charge in [-0.3, -0.25) is 0 Å². The highest BCUT2D eigenvalue weighted by Crippen LogP contribution is 2.29. The van der Waals surface area contributed by atoms with E-state index < -0.39 is 0 Å². The van der Waals surface area contributed by atoms with Crippen LogP contribution in [0.1, 0.15) is 22.3 Å². The highest BCUT2D eigenvalue weighted by atomic mass is 35.5. The predicted molar refractivity (Wildman–Crippen MR) is 76.7 cm³/mol. The van der Waals surface area contributed by atoms with Gasteiger partial charge in [0.15, 0.2) is 0 Å². The second kappa shape index (κ2) is 5.45. The first-order valence-corrected chi connectivity index (χ1v) is 6.54. The Hall–Kier alpha value is -1.47. The lowest BCUT2D eigenvalue weighted by atomic mass is 10.1. The minimum Gasteiger partial charge on any atom is -0.457 e. The molecule has 0 spiro atoms. The summed E-state index contributed by atoms with van der Waals surface area (Å²) in [6.07, 6.45) is 0. The molecule has 0 bridgehead atoms. The summed E-state index contributed by atoms with van der Waals surface area (Å²) < 4.78 is 5.95. The number of alkyl halides is 1. The number of hydrogen-bond donors (Lipinski definition) is 0. The minimum atomic E-state index is 0.503. The molecule has 0 saturated carbocycles. The van der Waals surface area contributed by atoms with Crippen LogP contribution in [0.25, 0.3) is 0 Å². The normalized spacial score (nSPS) is 10.4. The number of hydrogen-bond acceptors (Lipinski definition) is 1. The van der Waals surface area contributed by atoms with Gasteiger partial charge in [0.05, 0.1) is 0 Å². The van der Waals surface area contributed by atoms with E-state index in [-0.39, 0.29) is 0 Å². The van der Waals surface area contributed by atoms with Crippen molar-refractivity contribution in [3.05, 3.63) is 58.7 Å². The Bertz CT molecular complexity index is 561. The lowest BCUT2D eigenvalue weighted by Crippen LogP contribution is -1.92. The van der Waals surface area contributed by atoms with Crippen molar-refractivity contribution in [3.8, 4) is 11.5 Å². The molecule has 2 heteroatoms. The van der Waals surface area contributed by atoms with Crippen molar-refractivity contribution in [3.63, 3.8) is 0 Å². The smallest absolute Gasteiger partial charge is 0.130 e. The van der Waals surface area contributed by atoms with Crippen LogP contribution in [0.3, 0.4) is 0 Å². The average molecular weight is 261 g/mol. The predicted octanol–water partition coefficient (Wildman–Crippen LogP) is 5.14. The topological polar surface area (TPSA) is 9.23 Å². The second-order valence-corrected chi connectivity index (χ2v) is 4.86. The third-order valence-corrected chi connectivity index (χ3v) is 3.35. The van der Waals surface area contributed by atoms with Crippen molar-refractivity contribution in [1.82, 2.24) is 0 Å². The van der Waals surface area contributed by atoms with Gasteiger partial charge in [-0.15, -0.1) is 11.6 Å². The quantitative estimate of drug-likeness (QED) is 0.694. The second-order valence-electron chi connectivity index (χ2n) is 4.59. The van der Waals surface area contributed by atoms with E-state index in [4.69, 9.17) is 16.3 Å². The Morgan fingerprint density at radius 1 is 1.06 bits per heavy atom. The van der Waals surface area contributed by atoms with Crippen LogP contribution in [0.2, 0.25) is 0 Å². The summed E-state index contributed by atoms with van der Waals surface area (Å²) >= 11 is 5.83. The van der Waals surface area contributed by atoms with Crippen LogP contribution < -0.4 is 4.74 Å². The van der Waals surface area contributed by atoms with E-state index >= 15 is 0 Å². The molecule has 94 valence electrons. The van der Waals surface area contributed by atoms with E-state index in [1.807, 2.05) is 24.3 Å². The van der Waals surface area contributed by atoms with Crippen LogP contribution >= 0.6 is 11.6 Å². The number of halogens is 1. The zero-order valence-corrected chi connectivity index (χ0v) is 11.7. The molecule has 0 aliphatic heterocycles. The van der Waals surface area contributed by atoms with Gasteiger partial charge in [0, 0.05) is 5.88 Å². The van der Waals surface area contributed by atoms with E-state index in [2.05, 4.69) is 32.9 Å². The number of aryl methyl sites for hydroxylation is 2. The summed E-state index contributed by atoms with van der Waals surface area (Å²) in [6, 6.07) is 12.1. The molecule has 0 radical (unpaired) electrons. The first-order valence-electron chi connectivity index (χ1n) is 6.01. The average Bonchev–Trinajstić information content (AvgIpc) is 2.35. The Labute approximate surface area is 113 Å². The minimum absolute atomic E-state index is 0.503. The molecule has 0 fully saturated rings. The molecular weight excluding hydrogens is 244 g/mol. The summed E-state index contributed by atoms with van der Waals surface area (Å²) in [5.74, 6) is 2.25. The number of benzene rings is 2. The molecule has 0 saturated heterocycles. The van der Waals surface area contributed by atoms with Gasteiger partial charge < -0.3 is 4.74 Å². The van der Waals surface area contributed by atoms with Crippen molar-refractivity contribution < 1.29 is 4.74 Å². The fraction of sp³-hybridized carbons (Fsp3) is 0.250. The molecule has 0 atom stereocenters. The van der Waals surface area contributed by atoms with Gasteiger partial charge in [-0.05, 0) is 61.2 Å². The van der Waals surface area contributed by atoms with Gasteiger partial charge in [-0.2, -0.15) is 0 Å². The van der Waals surface area contributed by atoms with Gasteiger partial charge in [0.25, 0.3) is 0 Å². The first kappa shape index (κ1) is 13.0. The first-order chi connectivity index (χ1) is 8.60. The van der Waals surface area contributed by atoms with Gasteiger partial charge in [0.2, 0.25) is 0 Å². The van der Waals surface area contributed by atoms with E-state index in [1.54, 1.807) is 0 Å². The SMILES string of the molecule is Cc1cc(C)c(C)c(Oc2cccc(CCl)c2)c1. The van der Waals surface area contributed by atoms with Crippen LogP contribution in [0.15, 0.2) is 36.4 Å². The van der Waals surface area contributed by atoms with Crippen molar-refractivity contribution in [2.75, 3.05) is 0 Å². The fourth-order valence-electron chi connectivity index (χ4n) is 1.93. The third kappa shape index (κ3) is 2.85. The molecule has 18 heavy (non-hydrogen) atoms. The molecule has 0 aromatic heterocycles. The molecule has 1 nitrogen and oxygen atoms in total. The highest BCUT2D eigenvalue weighted by molar-refractivity contribution is 6.17. The maximum absolute atomic E-state index is 5.95. The molecule has 0 amide bonds. The van der Waals surface area contributed by atoms with Gasteiger partial charge in [-0.25, -0.2) is 0 Å². The van der Waals surface area contributed by atoms with E-state index in [0.717, 1.165) is 17.1 Å². The van der Waals surface area contributed by atoms with Crippen LogP contribution in [-0.2, 0) is 5.88 Å². The van der Waals surface area contributed by atoms with E-state index in [0.29, 0.717) is 5.88 Å². The third-order valence-electron chi connectivity index (χ3n) is 3.04. The summed E-state index contributed by atoms with van der Waals surface area (Å²) in [5, 5.41) is 0. The maximum atomic E-state index is 5.95. The molecule has 0 N–H and O–H groups in total. The molecule has 0 heterocycles. The van der Waals surface area contributed by atoms with Gasteiger partial charge in [0.1, 0.15) is 11.5 Å². The summed E-state index contributed by atoms with van der Waals surface area (Å²) in [6.45, 7) is 6.26. The molecule has 2 rings (SSSR count). The van der Waals surface area contributed by atoms with Crippen molar-refractivity contribution in [2.45, 2.75) is 26.7 Å². The Kier molecular flexibility index (Phi) is 3.93. The van der Waals surface area contributed by atoms with Crippen molar-refractivity contribution >= 4 is 11.6 Å². The molecule has 0 unspecified atom stereocenters. The van der Waals surface area contributed by atoms with Crippen LogP contribution in [0.5, 0.6) is 11.5 Å². The monoisotopic (exact) mass is 260 g/mol. The maximum Gasteiger partial charge on any atom is 0.130 e. The number of rotatable bonds is 3. The zero-order valence-electron chi connectivity index (χ0n) is 11.0. The standard InChI is InChI=1S/C16H17ClO/c1-11-7-12(2)13(3)16(8-11)18-15-6-4-5-14(9-15)10-17/h4-9H,10H2,1-3H3. The van der Waals surface area contributed by atoms with E-state index in [9.17, 15) is 0 Å². The lowest BCUT2D eigenvalue weighted by Gasteiger charge is -2.12. The molecule has 2 aromatic rings. The Balaban J connectivity index is 2.33. The van der Waals surface area contributed by atoms with Gasteiger partial charge >= 0.3 is 0 Å². The van der Waals surface area contributed by atoms with E-state index in [1.165, 1.54) is 16.7 Å². The number of ether oxygens (including phenoxy) is 1. The Morgan fingerprint density at radius 2 is 1.83 bits per heavy atom. The lowest BCUT2D eigenvalue weighted by molar-refractivity contribution is 0.477. The summed E-state index contributed by atoms with van der Waals surface area (Å²) in [4.78, 5) is 0. The molecule has 0 aliphatic carbocycles. The summed E-state index contributed by atoms with van der Waals surface area (Å²) in [5.41, 5.74) is 4.70. The van der Waals surface area contributed by atoms with Crippen LogP contribution in [0, 0.1) is 20.8 Å². The van der Waals surface area contributed by atoms with Crippen molar-refractivity contribution in [2.24, 2.45) is 0 Å². The molecule has 0 aliphatic rings. The highest BCUT2D eigenvalue weighted by Gasteiger charge is 2.05. The molecule has 2 aromatic carbocycles. The van der Waals surface area contributed by atoms with Crippen LogP contribution in [-0.4, -0.2) is 0 Å². The zero-order chi connectivity index (χ0) is 13.1. The molecular formula is C16H17ClO. The summed E-state index contributed by atoms with van der Waals surface area (Å²) in [7, 11) is 0. The fourth-order valence-corrected chi connectivity index (χ4v) is 2.09. The van der Waals surface area contributed by atoms with Gasteiger partial charge in [-0.1, -0.05) is 18.2 Å². The largest absolute Gasteiger partial charge is 0.457 e. The Morgan fingerprint density at radius 3 is 2.56 bits per heavy atom. The van der Waals surface area contributed by atoms with Crippen molar-refractivity contribution in [1.29, 1.82) is 0 Å².